The Hall–Kier alpha value is -1.16. The van der Waals surface area contributed by atoms with E-state index < -0.39 is 22.4 Å². The van der Waals surface area contributed by atoms with Crippen LogP contribution in [-0.2, 0) is 11.1 Å². The van der Waals surface area contributed by atoms with E-state index in [0.29, 0.717) is 5.19 Å². The van der Waals surface area contributed by atoms with Gasteiger partial charge in [0.25, 0.3) is 5.19 Å². The Morgan fingerprint density at radius 1 is 1.13 bits per heavy atom. The second kappa shape index (κ2) is 8.09. The van der Waals surface area contributed by atoms with Gasteiger partial charge in [-0.05, 0) is 35.7 Å². The van der Waals surface area contributed by atoms with E-state index in [9.17, 15) is 8.76 Å². The molecule has 0 bridgehead atoms. The zero-order valence-electron chi connectivity index (χ0n) is 12.8. The quantitative estimate of drug-likeness (QED) is 0.507. The molecule has 0 aliphatic rings. The smallest absolute Gasteiger partial charge is 0.772 e. The van der Waals surface area contributed by atoms with Gasteiger partial charge >= 0.3 is 18.9 Å². The van der Waals surface area contributed by atoms with E-state index in [-0.39, 0.29) is 18.9 Å². The fourth-order valence-corrected chi connectivity index (χ4v) is 3.45. The van der Waals surface area contributed by atoms with Crippen molar-refractivity contribution in [3.05, 3.63) is 60.2 Å². The zero-order chi connectivity index (χ0) is 15.5. The van der Waals surface area contributed by atoms with E-state index in [1.54, 1.807) is 6.92 Å². The van der Waals surface area contributed by atoms with Crippen molar-refractivity contribution in [1.82, 2.24) is 4.98 Å². The maximum Gasteiger partial charge on any atom is 1.00 e. The molecule has 1 aromatic heterocycles. The van der Waals surface area contributed by atoms with E-state index in [1.165, 1.54) is 11.3 Å². The Morgan fingerprint density at radius 3 is 2.43 bits per heavy atom. The van der Waals surface area contributed by atoms with Crippen LogP contribution in [0.1, 0.15) is 18.6 Å². The van der Waals surface area contributed by atoms with Crippen molar-refractivity contribution in [2.45, 2.75) is 18.3 Å². The van der Waals surface area contributed by atoms with E-state index in [2.05, 4.69) is 4.98 Å². The molecule has 1 unspecified atom stereocenters. The van der Waals surface area contributed by atoms with Gasteiger partial charge in [0.15, 0.2) is 0 Å². The summed E-state index contributed by atoms with van der Waals surface area (Å²) in [5.74, 6) is 0. The summed E-state index contributed by atoms with van der Waals surface area (Å²) in [5, 5.41) is -0.193. The second-order valence-electron chi connectivity index (χ2n) is 4.86. The fraction of sp³-hybridized carbons (Fsp3) is 0.188. The molecule has 3 aromatic rings. The van der Waals surface area contributed by atoms with Crippen LogP contribution in [0.4, 0.5) is 0 Å². The van der Waals surface area contributed by atoms with Crippen molar-refractivity contribution < 1.29 is 32.4 Å². The fourth-order valence-electron chi connectivity index (χ4n) is 2.19. The van der Waals surface area contributed by atoms with Crippen molar-refractivity contribution in [2.75, 3.05) is 0 Å². The Kier molecular flexibility index (Phi) is 6.39. The maximum atomic E-state index is 11.4. The molecule has 114 valence electrons. The molecule has 3 atom stereocenters. The van der Waals surface area contributed by atoms with Crippen LogP contribution >= 0.6 is 11.3 Å². The summed E-state index contributed by atoms with van der Waals surface area (Å²) in [7, 11) is 0. The number of fused-ring (bicyclic) bond motifs is 1. The van der Waals surface area contributed by atoms with E-state index >= 15 is 0 Å². The Morgan fingerprint density at radius 2 is 1.78 bits per heavy atom. The monoisotopic (exact) mass is 339 g/mol. The standard InChI is InChI=1S/C16H15NO3S2.Li/c1-11(22(18)19)15(12-7-3-2-4-8-12)20-16-17-13-9-5-6-10-14(13)21-16;/h2-11,15H,1H3,(H,18,19);/q;+1/p-1/t11-,15+;/m1./s1. The van der Waals surface area contributed by atoms with Gasteiger partial charge < -0.3 is 9.29 Å². The molecule has 7 heteroatoms. The van der Waals surface area contributed by atoms with Gasteiger partial charge in [0.2, 0.25) is 0 Å². The molecular formula is C16H14LiNO3S2. The van der Waals surface area contributed by atoms with Gasteiger partial charge in [0.05, 0.1) is 15.5 Å². The number of hydrogen-bond acceptors (Lipinski definition) is 5. The van der Waals surface area contributed by atoms with Crippen LogP contribution in [0.5, 0.6) is 5.19 Å². The normalized spacial score (nSPS) is 14.7. The first-order valence-electron chi connectivity index (χ1n) is 6.80. The molecule has 0 radical (unpaired) electrons. The summed E-state index contributed by atoms with van der Waals surface area (Å²) in [5.41, 5.74) is 1.67. The number of benzene rings is 2. The van der Waals surface area contributed by atoms with Gasteiger partial charge in [0, 0.05) is 0 Å². The van der Waals surface area contributed by atoms with Gasteiger partial charge in [-0.3, -0.25) is 4.21 Å². The Bertz CT molecular complexity index is 761. The summed E-state index contributed by atoms with van der Waals surface area (Å²) < 4.78 is 29.7. The summed E-state index contributed by atoms with van der Waals surface area (Å²) in [4.78, 5) is 4.42. The van der Waals surface area contributed by atoms with Crippen molar-refractivity contribution in [2.24, 2.45) is 0 Å². The summed E-state index contributed by atoms with van der Waals surface area (Å²) in [6, 6.07) is 17.1. The van der Waals surface area contributed by atoms with Gasteiger partial charge in [-0.25, -0.2) is 4.98 Å². The topological polar surface area (TPSA) is 62.2 Å². The molecule has 23 heavy (non-hydrogen) atoms. The summed E-state index contributed by atoms with van der Waals surface area (Å²) in [6.07, 6.45) is -0.583. The molecule has 0 saturated heterocycles. The average molecular weight is 339 g/mol. The number of para-hydroxylation sites is 1. The van der Waals surface area contributed by atoms with E-state index in [4.69, 9.17) is 4.74 Å². The molecule has 0 aliphatic carbocycles. The molecule has 3 rings (SSSR count). The summed E-state index contributed by atoms with van der Waals surface area (Å²) >= 11 is -0.815. The minimum Gasteiger partial charge on any atom is -0.772 e. The number of nitrogens with zero attached hydrogens (tertiary/aromatic N) is 1. The van der Waals surface area contributed by atoms with Crippen molar-refractivity contribution in [3.8, 4) is 5.19 Å². The number of aromatic nitrogens is 1. The first kappa shape index (κ1) is 18.2. The molecule has 4 nitrogen and oxygen atoms in total. The molecule has 2 aromatic carbocycles. The van der Waals surface area contributed by atoms with Gasteiger partial charge in [0.1, 0.15) is 6.10 Å². The van der Waals surface area contributed by atoms with Crippen LogP contribution in [0.15, 0.2) is 54.6 Å². The number of rotatable bonds is 5. The second-order valence-corrected chi connectivity index (χ2v) is 7.12. The molecule has 0 N–H and O–H groups in total. The predicted molar refractivity (Wildman–Crippen MR) is 87.8 cm³/mol. The number of hydrogen-bond donors (Lipinski definition) is 0. The molecule has 0 spiro atoms. The van der Waals surface area contributed by atoms with Crippen LogP contribution in [0.2, 0.25) is 0 Å². The predicted octanol–water partition coefficient (Wildman–Crippen LogP) is 0.688. The van der Waals surface area contributed by atoms with Crippen molar-refractivity contribution >= 4 is 32.6 Å². The van der Waals surface area contributed by atoms with Crippen LogP contribution in [0, 0.1) is 0 Å². The maximum absolute atomic E-state index is 11.4. The zero-order valence-corrected chi connectivity index (χ0v) is 14.5. The Labute approximate surface area is 153 Å². The largest absolute Gasteiger partial charge is 1.00 e. The third-order valence-corrected chi connectivity index (χ3v) is 5.14. The van der Waals surface area contributed by atoms with Crippen LogP contribution in [-0.4, -0.2) is 19.0 Å². The number of ether oxygens (including phenoxy) is 1. The third kappa shape index (κ3) is 4.22. The molecule has 0 fully saturated rings. The average Bonchev–Trinajstić information content (AvgIpc) is 2.95. The Balaban J connectivity index is 0.00000192. The molecule has 0 saturated carbocycles. The van der Waals surface area contributed by atoms with Crippen LogP contribution < -0.4 is 23.6 Å². The number of thiazole rings is 1. The van der Waals surface area contributed by atoms with Crippen molar-refractivity contribution in [3.63, 3.8) is 0 Å². The SMILES string of the molecule is C[C@H]([C@H](Oc1nc2ccccc2s1)c1ccccc1)S(=O)[O-].[Li+]. The molecular weight excluding hydrogens is 325 g/mol. The molecule has 0 amide bonds. The van der Waals surface area contributed by atoms with Crippen molar-refractivity contribution in [1.29, 1.82) is 0 Å². The minimum atomic E-state index is -2.23. The van der Waals surface area contributed by atoms with E-state index in [0.717, 1.165) is 15.8 Å². The minimum absolute atomic E-state index is 0. The van der Waals surface area contributed by atoms with Crippen LogP contribution in [0.25, 0.3) is 10.2 Å². The first-order chi connectivity index (χ1) is 10.6. The molecule has 1 heterocycles. The van der Waals surface area contributed by atoms with Gasteiger partial charge in [-0.2, -0.15) is 0 Å². The third-order valence-electron chi connectivity index (χ3n) is 3.36. The van der Waals surface area contributed by atoms with Crippen LogP contribution in [0.3, 0.4) is 0 Å². The van der Waals surface area contributed by atoms with Gasteiger partial charge in [-0.15, -0.1) is 0 Å². The molecule has 0 aliphatic heterocycles. The van der Waals surface area contributed by atoms with E-state index in [1.807, 2.05) is 54.6 Å². The first-order valence-corrected chi connectivity index (χ1v) is 8.76. The van der Waals surface area contributed by atoms with Gasteiger partial charge in [-0.1, -0.05) is 53.8 Å². The summed E-state index contributed by atoms with van der Waals surface area (Å²) in [6.45, 7) is 1.63.